The van der Waals surface area contributed by atoms with Crippen molar-refractivity contribution in [3.8, 4) is 0 Å². The number of ether oxygens (including phenoxy) is 1. The lowest BCUT2D eigenvalue weighted by Crippen LogP contribution is -2.35. The molecule has 1 fully saturated rings. The number of rotatable bonds is 3. The van der Waals surface area contributed by atoms with Gasteiger partial charge in [0, 0.05) is 42.9 Å². The maximum absolute atomic E-state index is 12.7. The first-order valence-corrected chi connectivity index (χ1v) is 8.05. The van der Waals surface area contributed by atoms with Gasteiger partial charge in [0.25, 0.3) is 5.91 Å². The van der Waals surface area contributed by atoms with Crippen molar-refractivity contribution in [2.75, 3.05) is 19.8 Å². The van der Waals surface area contributed by atoms with E-state index in [9.17, 15) is 4.79 Å². The molecule has 1 saturated heterocycles. The number of carbonyl (C=O) groups is 1. The van der Waals surface area contributed by atoms with E-state index in [-0.39, 0.29) is 5.91 Å². The first kappa shape index (κ1) is 15.1. The van der Waals surface area contributed by atoms with Crippen molar-refractivity contribution >= 4 is 12.0 Å². The zero-order chi connectivity index (χ0) is 15.5. The summed E-state index contributed by atoms with van der Waals surface area (Å²) in [4.78, 5) is 17.9. The summed E-state index contributed by atoms with van der Waals surface area (Å²) in [7, 11) is 0. The van der Waals surface area contributed by atoms with Crippen molar-refractivity contribution in [1.29, 1.82) is 0 Å². The smallest absolute Gasteiger partial charge is 0.254 e. The number of aromatic amines is 1. The van der Waals surface area contributed by atoms with Crippen LogP contribution < -0.4 is 0 Å². The van der Waals surface area contributed by atoms with Gasteiger partial charge in [0.2, 0.25) is 0 Å². The number of aromatic nitrogens is 1. The summed E-state index contributed by atoms with van der Waals surface area (Å²) in [6.45, 7) is 6.55. The summed E-state index contributed by atoms with van der Waals surface area (Å²) in [5, 5.41) is 0. The average Bonchev–Trinajstić information content (AvgIpc) is 2.82. The highest BCUT2D eigenvalue weighted by molar-refractivity contribution is 5.99. The molecule has 0 saturated carbocycles. The quantitative estimate of drug-likeness (QED) is 0.871. The molecule has 0 aromatic carbocycles. The van der Waals surface area contributed by atoms with E-state index in [0.29, 0.717) is 12.3 Å². The van der Waals surface area contributed by atoms with Crippen LogP contribution in [-0.2, 0) is 9.53 Å². The fourth-order valence-electron chi connectivity index (χ4n) is 3.19. The summed E-state index contributed by atoms with van der Waals surface area (Å²) in [5.74, 6) is 0.691. The number of hydrogen-bond donors (Lipinski definition) is 1. The Morgan fingerprint density at radius 1 is 1.36 bits per heavy atom. The molecule has 1 aromatic rings. The molecule has 4 heteroatoms. The third-order valence-electron chi connectivity index (χ3n) is 4.46. The van der Waals surface area contributed by atoms with Crippen LogP contribution in [0.5, 0.6) is 0 Å². The molecule has 0 unspecified atom stereocenters. The number of aryl methyl sites for hydroxylation is 2. The van der Waals surface area contributed by atoms with E-state index in [0.717, 1.165) is 49.6 Å². The van der Waals surface area contributed by atoms with Crippen LogP contribution in [0.4, 0.5) is 0 Å². The molecule has 3 rings (SSSR count). The summed E-state index contributed by atoms with van der Waals surface area (Å²) in [6, 6.07) is 2.11. The van der Waals surface area contributed by atoms with Crippen LogP contribution in [0, 0.1) is 19.8 Å². The van der Waals surface area contributed by atoms with Gasteiger partial charge in [0.15, 0.2) is 0 Å². The van der Waals surface area contributed by atoms with Crippen molar-refractivity contribution in [2.45, 2.75) is 33.1 Å². The maximum Gasteiger partial charge on any atom is 0.254 e. The van der Waals surface area contributed by atoms with Gasteiger partial charge in [0.05, 0.1) is 0 Å². The van der Waals surface area contributed by atoms with E-state index < -0.39 is 0 Å². The highest BCUT2D eigenvalue weighted by Crippen LogP contribution is 2.23. The molecule has 4 nitrogen and oxygen atoms in total. The lowest BCUT2D eigenvalue weighted by molar-refractivity contribution is -0.125. The topological polar surface area (TPSA) is 45.3 Å². The van der Waals surface area contributed by atoms with Crippen LogP contribution in [-0.4, -0.2) is 35.5 Å². The SMILES string of the molecule is Cc1cc(C)c(/C=C2/CC=CN(CC3CCOCC3)C2=O)[nH]1. The van der Waals surface area contributed by atoms with E-state index in [2.05, 4.69) is 24.1 Å². The lowest BCUT2D eigenvalue weighted by Gasteiger charge is -2.30. The molecule has 0 radical (unpaired) electrons. The lowest BCUT2D eigenvalue weighted by atomic mass is 9.98. The maximum atomic E-state index is 12.7. The van der Waals surface area contributed by atoms with Crippen molar-refractivity contribution in [3.63, 3.8) is 0 Å². The number of nitrogens with zero attached hydrogens (tertiary/aromatic N) is 1. The van der Waals surface area contributed by atoms with Crippen LogP contribution in [0.2, 0.25) is 0 Å². The van der Waals surface area contributed by atoms with Gasteiger partial charge >= 0.3 is 0 Å². The van der Waals surface area contributed by atoms with E-state index in [1.54, 1.807) is 0 Å². The molecular formula is C18H24N2O2. The standard InChI is InChI=1S/C18H24N2O2/c1-13-10-14(2)19-17(13)11-16-4-3-7-20(18(16)21)12-15-5-8-22-9-6-15/h3,7,10-11,15,19H,4-6,8-9,12H2,1-2H3/b16-11-. The Morgan fingerprint density at radius 3 is 2.82 bits per heavy atom. The second-order valence-electron chi connectivity index (χ2n) is 6.32. The fourth-order valence-corrected chi connectivity index (χ4v) is 3.19. The van der Waals surface area contributed by atoms with Gasteiger partial charge in [-0.3, -0.25) is 4.79 Å². The number of hydrogen-bond acceptors (Lipinski definition) is 2. The van der Waals surface area contributed by atoms with Gasteiger partial charge in [-0.15, -0.1) is 0 Å². The van der Waals surface area contributed by atoms with Crippen molar-refractivity contribution < 1.29 is 9.53 Å². The molecular weight excluding hydrogens is 276 g/mol. The minimum atomic E-state index is 0.139. The van der Waals surface area contributed by atoms with Crippen LogP contribution in [0.25, 0.3) is 6.08 Å². The third kappa shape index (κ3) is 3.33. The van der Waals surface area contributed by atoms with Gasteiger partial charge in [-0.05, 0) is 56.7 Å². The third-order valence-corrected chi connectivity index (χ3v) is 4.46. The Morgan fingerprint density at radius 2 is 2.14 bits per heavy atom. The molecule has 3 heterocycles. The van der Waals surface area contributed by atoms with Crippen LogP contribution in [0.1, 0.15) is 36.2 Å². The first-order chi connectivity index (χ1) is 10.6. The highest BCUT2D eigenvalue weighted by Gasteiger charge is 2.24. The Bertz CT molecular complexity index is 607. The Balaban J connectivity index is 1.73. The van der Waals surface area contributed by atoms with Crippen LogP contribution >= 0.6 is 0 Å². The van der Waals surface area contributed by atoms with Crippen molar-refractivity contribution in [3.05, 3.63) is 40.9 Å². The Labute approximate surface area is 131 Å². The van der Waals surface area contributed by atoms with Gasteiger partial charge in [-0.1, -0.05) is 6.08 Å². The molecule has 1 amide bonds. The number of carbonyl (C=O) groups excluding carboxylic acids is 1. The van der Waals surface area contributed by atoms with Gasteiger partial charge in [0.1, 0.15) is 0 Å². The van der Waals surface area contributed by atoms with E-state index in [1.807, 2.05) is 24.1 Å². The number of allylic oxidation sites excluding steroid dienone is 1. The average molecular weight is 300 g/mol. The molecule has 2 aliphatic heterocycles. The summed E-state index contributed by atoms with van der Waals surface area (Å²) >= 11 is 0. The van der Waals surface area contributed by atoms with Gasteiger partial charge in [-0.2, -0.15) is 0 Å². The zero-order valence-electron chi connectivity index (χ0n) is 13.4. The van der Waals surface area contributed by atoms with Crippen LogP contribution in [0.3, 0.4) is 0 Å². The largest absolute Gasteiger partial charge is 0.381 e. The highest BCUT2D eigenvalue weighted by atomic mass is 16.5. The zero-order valence-corrected chi connectivity index (χ0v) is 13.4. The van der Waals surface area contributed by atoms with E-state index >= 15 is 0 Å². The summed E-state index contributed by atoms with van der Waals surface area (Å²) in [6.07, 6.45) is 8.84. The Kier molecular flexibility index (Phi) is 4.48. The Hall–Kier alpha value is -1.81. The van der Waals surface area contributed by atoms with Gasteiger partial charge < -0.3 is 14.6 Å². The summed E-state index contributed by atoms with van der Waals surface area (Å²) < 4.78 is 5.39. The first-order valence-electron chi connectivity index (χ1n) is 8.05. The van der Waals surface area contributed by atoms with E-state index in [1.165, 1.54) is 5.56 Å². The molecule has 0 atom stereocenters. The normalized spacial score (nSPS) is 21.8. The molecule has 0 aliphatic carbocycles. The van der Waals surface area contributed by atoms with Crippen LogP contribution in [0.15, 0.2) is 23.9 Å². The predicted molar refractivity (Wildman–Crippen MR) is 87.3 cm³/mol. The predicted octanol–water partition coefficient (Wildman–Crippen LogP) is 3.19. The molecule has 0 bridgehead atoms. The number of H-pyrrole nitrogens is 1. The van der Waals surface area contributed by atoms with Crippen molar-refractivity contribution in [1.82, 2.24) is 9.88 Å². The molecule has 22 heavy (non-hydrogen) atoms. The second-order valence-corrected chi connectivity index (χ2v) is 6.32. The van der Waals surface area contributed by atoms with Crippen molar-refractivity contribution in [2.24, 2.45) is 5.92 Å². The number of nitrogens with one attached hydrogen (secondary N) is 1. The molecule has 2 aliphatic rings. The molecule has 1 N–H and O–H groups in total. The van der Waals surface area contributed by atoms with Gasteiger partial charge in [-0.25, -0.2) is 0 Å². The minimum absolute atomic E-state index is 0.139. The monoisotopic (exact) mass is 300 g/mol. The second kappa shape index (κ2) is 6.53. The molecule has 118 valence electrons. The summed E-state index contributed by atoms with van der Waals surface area (Å²) in [5.41, 5.74) is 4.22. The minimum Gasteiger partial charge on any atom is -0.381 e. The number of amides is 1. The fraction of sp³-hybridized carbons (Fsp3) is 0.500. The van der Waals surface area contributed by atoms with E-state index in [4.69, 9.17) is 4.74 Å². The molecule has 0 spiro atoms. The molecule has 1 aromatic heterocycles.